The molecule has 0 aliphatic heterocycles. The number of Topliss-reactive ketones (excluding diaryl/α,β-unsaturated/α-hetero) is 1. The fourth-order valence-electron chi connectivity index (χ4n) is 7.60. The Hall–Kier alpha value is -0.370. The molecule has 4 fully saturated rings. The van der Waals surface area contributed by atoms with E-state index in [1.165, 1.54) is 38.5 Å². The number of carbonyl (C=O) groups is 1. The van der Waals surface area contributed by atoms with E-state index in [2.05, 4.69) is 34.6 Å². The normalized spacial score (nSPS) is 50.1. The van der Waals surface area contributed by atoms with Crippen LogP contribution in [0.15, 0.2) is 0 Å². The monoisotopic (exact) mass is 346 g/mol. The third-order valence-electron chi connectivity index (χ3n) is 8.74. The summed E-state index contributed by atoms with van der Waals surface area (Å²) in [4.78, 5) is 13.1. The van der Waals surface area contributed by atoms with Crippen LogP contribution in [0.25, 0.3) is 0 Å². The van der Waals surface area contributed by atoms with Crippen LogP contribution < -0.4 is 0 Å². The molecule has 142 valence electrons. The zero-order valence-electron chi connectivity index (χ0n) is 17.1. The van der Waals surface area contributed by atoms with Gasteiger partial charge in [-0.15, -0.1) is 0 Å². The minimum atomic E-state index is -0.0892. The van der Waals surface area contributed by atoms with Crippen LogP contribution in [0.2, 0.25) is 0 Å². The van der Waals surface area contributed by atoms with Crippen molar-refractivity contribution in [1.29, 1.82) is 0 Å². The molecule has 4 aliphatic rings. The smallest absolute Gasteiger partial charge is 0.139 e. The van der Waals surface area contributed by atoms with Crippen LogP contribution in [0, 0.1) is 34.5 Å². The van der Waals surface area contributed by atoms with E-state index < -0.39 is 0 Å². The minimum Gasteiger partial charge on any atom is -0.372 e. The number of fused-ring (bicyclic) bond motifs is 5. The van der Waals surface area contributed by atoms with Gasteiger partial charge < -0.3 is 4.74 Å². The van der Waals surface area contributed by atoms with Crippen LogP contribution in [-0.2, 0) is 9.53 Å². The van der Waals surface area contributed by atoms with Gasteiger partial charge in [0, 0.05) is 11.8 Å². The standard InChI is InChI=1S/C23H38O2/c1-21(2,3)25-18-14-15-8-6-10-19(24)23(15,5)17-11-13-22(4)12-7-9-16(22)20(17)18/h15-18,20H,6-14H2,1-5H3/t15?,16?,17?,18-,20?,22-,23-/m0/s1. The molecular weight excluding hydrogens is 308 g/mol. The van der Waals surface area contributed by atoms with Crippen molar-refractivity contribution in [3.63, 3.8) is 0 Å². The van der Waals surface area contributed by atoms with Crippen LogP contribution >= 0.6 is 0 Å². The number of ketones is 1. The first-order valence-electron chi connectivity index (χ1n) is 10.9. The molecule has 0 radical (unpaired) electrons. The summed E-state index contributed by atoms with van der Waals surface area (Å²) in [6, 6.07) is 0. The highest BCUT2D eigenvalue weighted by atomic mass is 16.5. The van der Waals surface area contributed by atoms with Gasteiger partial charge in [-0.2, -0.15) is 0 Å². The van der Waals surface area contributed by atoms with Gasteiger partial charge in [-0.05, 0) is 94.8 Å². The van der Waals surface area contributed by atoms with Crippen molar-refractivity contribution in [2.45, 2.75) is 104 Å². The predicted octanol–water partition coefficient (Wildman–Crippen LogP) is 5.78. The van der Waals surface area contributed by atoms with E-state index in [4.69, 9.17) is 4.74 Å². The summed E-state index contributed by atoms with van der Waals surface area (Å²) in [5, 5.41) is 0. The summed E-state index contributed by atoms with van der Waals surface area (Å²) in [5.74, 6) is 3.06. The van der Waals surface area contributed by atoms with E-state index in [0.717, 1.165) is 25.2 Å². The molecule has 7 atom stereocenters. The average molecular weight is 347 g/mol. The Morgan fingerprint density at radius 2 is 1.76 bits per heavy atom. The molecule has 0 N–H and O–H groups in total. The van der Waals surface area contributed by atoms with Crippen molar-refractivity contribution in [3.8, 4) is 0 Å². The lowest BCUT2D eigenvalue weighted by Gasteiger charge is -2.61. The van der Waals surface area contributed by atoms with Crippen molar-refractivity contribution in [2.75, 3.05) is 0 Å². The molecule has 2 heteroatoms. The highest BCUT2D eigenvalue weighted by molar-refractivity contribution is 5.86. The highest BCUT2D eigenvalue weighted by Gasteiger charge is 2.63. The topological polar surface area (TPSA) is 26.3 Å². The molecule has 4 unspecified atom stereocenters. The van der Waals surface area contributed by atoms with Gasteiger partial charge in [-0.1, -0.05) is 20.3 Å². The van der Waals surface area contributed by atoms with Crippen LogP contribution in [0.1, 0.15) is 92.4 Å². The Morgan fingerprint density at radius 1 is 1.00 bits per heavy atom. The van der Waals surface area contributed by atoms with Crippen molar-refractivity contribution in [2.24, 2.45) is 34.5 Å². The SMILES string of the molecule is CC(C)(C)O[C@H]1CC2CCCC(=O)[C@]2(C)C2CC[C@]3(C)CCCC3C21. The fraction of sp³-hybridized carbons (Fsp3) is 0.957. The molecule has 0 aromatic carbocycles. The van der Waals surface area contributed by atoms with Crippen molar-refractivity contribution in [3.05, 3.63) is 0 Å². The Bertz CT molecular complexity index is 547. The summed E-state index contributed by atoms with van der Waals surface area (Å²) in [6.45, 7) is 11.5. The van der Waals surface area contributed by atoms with E-state index in [0.29, 0.717) is 35.1 Å². The van der Waals surface area contributed by atoms with Crippen LogP contribution in [0.3, 0.4) is 0 Å². The Kier molecular flexibility index (Phi) is 4.19. The van der Waals surface area contributed by atoms with Crippen molar-refractivity contribution >= 4 is 5.78 Å². The minimum absolute atomic E-state index is 0.0649. The van der Waals surface area contributed by atoms with Gasteiger partial charge in [0.1, 0.15) is 5.78 Å². The van der Waals surface area contributed by atoms with Crippen LogP contribution in [-0.4, -0.2) is 17.5 Å². The lowest BCUT2D eigenvalue weighted by Crippen LogP contribution is -2.61. The Morgan fingerprint density at radius 3 is 2.48 bits per heavy atom. The maximum Gasteiger partial charge on any atom is 0.139 e. The van der Waals surface area contributed by atoms with Gasteiger partial charge in [0.25, 0.3) is 0 Å². The van der Waals surface area contributed by atoms with Gasteiger partial charge in [0.05, 0.1) is 11.7 Å². The van der Waals surface area contributed by atoms with E-state index in [9.17, 15) is 4.79 Å². The molecule has 0 saturated heterocycles. The summed E-state index contributed by atoms with van der Waals surface area (Å²) >= 11 is 0. The third kappa shape index (κ3) is 2.73. The van der Waals surface area contributed by atoms with Crippen molar-refractivity contribution < 1.29 is 9.53 Å². The quantitative estimate of drug-likeness (QED) is 0.601. The van der Waals surface area contributed by atoms with E-state index in [1.54, 1.807) is 0 Å². The number of ether oxygens (including phenoxy) is 1. The summed E-state index contributed by atoms with van der Waals surface area (Å²) in [5.41, 5.74) is 0.347. The molecule has 0 aromatic rings. The second-order valence-electron chi connectivity index (χ2n) is 11.2. The van der Waals surface area contributed by atoms with Gasteiger partial charge in [0.2, 0.25) is 0 Å². The first kappa shape index (κ1) is 18.0. The van der Waals surface area contributed by atoms with Gasteiger partial charge in [-0.25, -0.2) is 0 Å². The van der Waals surface area contributed by atoms with E-state index in [-0.39, 0.29) is 11.0 Å². The molecule has 4 rings (SSSR count). The van der Waals surface area contributed by atoms with Crippen molar-refractivity contribution in [1.82, 2.24) is 0 Å². The number of carbonyl (C=O) groups excluding carboxylic acids is 1. The van der Waals surface area contributed by atoms with Gasteiger partial charge in [0.15, 0.2) is 0 Å². The lowest BCUT2D eigenvalue weighted by molar-refractivity contribution is -0.201. The molecule has 0 aromatic heterocycles. The van der Waals surface area contributed by atoms with Crippen LogP contribution in [0.5, 0.6) is 0 Å². The first-order chi connectivity index (χ1) is 11.7. The number of hydrogen-bond donors (Lipinski definition) is 0. The largest absolute Gasteiger partial charge is 0.372 e. The molecule has 4 aliphatic carbocycles. The summed E-state index contributed by atoms with van der Waals surface area (Å²) < 4.78 is 6.72. The van der Waals surface area contributed by atoms with Gasteiger partial charge >= 0.3 is 0 Å². The molecule has 0 bridgehead atoms. The highest BCUT2D eigenvalue weighted by Crippen LogP contribution is 2.66. The molecule has 25 heavy (non-hydrogen) atoms. The zero-order valence-corrected chi connectivity index (χ0v) is 17.1. The Balaban J connectivity index is 1.74. The maximum atomic E-state index is 13.1. The molecule has 4 saturated carbocycles. The second kappa shape index (κ2) is 5.81. The van der Waals surface area contributed by atoms with Crippen LogP contribution in [0.4, 0.5) is 0 Å². The molecule has 0 spiro atoms. The number of rotatable bonds is 1. The maximum absolute atomic E-state index is 13.1. The Labute approximate surface area is 154 Å². The van der Waals surface area contributed by atoms with E-state index >= 15 is 0 Å². The molecule has 0 heterocycles. The molecular formula is C23H38O2. The average Bonchev–Trinajstić information content (AvgIpc) is 2.90. The fourth-order valence-corrected chi connectivity index (χ4v) is 7.60. The van der Waals surface area contributed by atoms with E-state index in [1.807, 2.05) is 0 Å². The summed E-state index contributed by atoms with van der Waals surface area (Å²) in [7, 11) is 0. The zero-order chi connectivity index (χ0) is 18.0. The number of hydrogen-bond acceptors (Lipinski definition) is 2. The first-order valence-corrected chi connectivity index (χ1v) is 10.9. The van der Waals surface area contributed by atoms with Gasteiger partial charge in [-0.3, -0.25) is 4.79 Å². The predicted molar refractivity (Wildman–Crippen MR) is 101 cm³/mol. The summed E-state index contributed by atoms with van der Waals surface area (Å²) in [6.07, 6.45) is 11.3. The lowest BCUT2D eigenvalue weighted by atomic mass is 9.44. The molecule has 2 nitrogen and oxygen atoms in total. The third-order valence-corrected chi connectivity index (χ3v) is 8.74. The second-order valence-corrected chi connectivity index (χ2v) is 11.2. The molecule has 0 amide bonds.